The second-order valence-electron chi connectivity index (χ2n) is 4.74. The van der Waals surface area contributed by atoms with Gasteiger partial charge in [0.1, 0.15) is 0 Å². The molecule has 20 heavy (non-hydrogen) atoms. The molecule has 0 aliphatic carbocycles. The van der Waals surface area contributed by atoms with Crippen LogP contribution in [0.4, 0.5) is 0 Å². The lowest BCUT2D eigenvalue weighted by molar-refractivity contribution is 0.0259. The zero-order valence-electron chi connectivity index (χ0n) is 11.2. The lowest BCUT2D eigenvalue weighted by Gasteiger charge is -2.23. The first-order valence-electron chi connectivity index (χ1n) is 6.44. The van der Waals surface area contributed by atoms with Gasteiger partial charge >= 0.3 is 0 Å². The maximum Gasteiger partial charge on any atom is 0.0991 e. The molecule has 0 radical (unpaired) electrons. The molecular weight excluding hydrogens is 338 g/mol. The van der Waals surface area contributed by atoms with Crippen molar-refractivity contribution in [2.45, 2.75) is 25.7 Å². The lowest BCUT2D eigenvalue weighted by atomic mass is 10.0. The van der Waals surface area contributed by atoms with E-state index in [0.29, 0.717) is 11.6 Å². The first-order chi connectivity index (χ1) is 9.58. The Balaban J connectivity index is 2.13. The molecule has 2 nitrogen and oxygen atoms in total. The van der Waals surface area contributed by atoms with Crippen LogP contribution in [0, 0.1) is 0 Å². The number of rotatable bonds is 5. The molecule has 0 spiro atoms. The Hall–Kier alpha value is -0.870. The summed E-state index contributed by atoms with van der Waals surface area (Å²) in [6.45, 7) is 2.42. The summed E-state index contributed by atoms with van der Waals surface area (Å²) in [6.07, 6.45) is -0.220. The Morgan fingerprint density at radius 1 is 1.20 bits per heavy atom. The number of ether oxygens (including phenoxy) is 1. The van der Waals surface area contributed by atoms with Crippen molar-refractivity contribution in [3.63, 3.8) is 0 Å². The van der Waals surface area contributed by atoms with E-state index in [1.807, 2.05) is 55.5 Å². The van der Waals surface area contributed by atoms with E-state index in [-0.39, 0.29) is 12.1 Å². The van der Waals surface area contributed by atoms with Crippen LogP contribution >= 0.6 is 27.5 Å². The third kappa shape index (κ3) is 4.06. The zero-order valence-corrected chi connectivity index (χ0v) is 13.6. The summed E-state index contributed by atoms with van der Waals surface area (Å²) in [4.78, 5) is 0. The van der Waals surface area contributed by atoms with Gasteiger partial charge in [0.05, 0.1) is 12.7 Å². The minimum atomic E-state index is -0.220. The summed E-state index contributed by atoms with van der Waals surface area (Å²) in [7, 11) is 0. The van der Waals surface area contributed by atoms with Crippen molar-refractivity contribution < 1.29 is 4.74 Å². The highest BCUT2D eigenvalue weighted by Crippen LogP contribution is 2.28. The molecule has 2 aromatic carbocycles. The molecular formula is C16H17BrClNO. The highest BCUT2D eigenvalue weighted by Gasteiger charge is 2.19. The first-order valence-corrected chi connectivity index (χ1v) is 7.61. The largest absolute Gasteiger partial charge is 0.367 e. The van der Waals surface area contributed by atoms with Crippen LogP contribution in [0.15, 0.2) is 53.0 Å². The zero-order chi connectivity index (χ0) is 14.5. The molecule has 0 bridgehead atoms. The van der Waals surface area contributed by atoms with E-state index in [4.69, 9.17) is 22.1 Å². The molecule has 0 heterocycles. The van der Waals surface area contributed by atoms with E-state index in [1.165, 1.54) is 0 Å². The molecule has 2 atom stereocenters. The van der Waals surface area contributed by atoms with Gasteiger partial charge in [0.25, 0.3) is 0 Å². The van der Waals surface area contributed by atoms with Gasteiger partial charge in [-0.1, -0.05) is 57.9 Å². The molecule has 2 aromatic rings. The van der Waals surface area contributed by atoms with Crippen LogP contribution in [0.5, 0.6) is 0 Å². The van der Waals surface area contributed by atoms with Gasteiger partial charge in [0.15, 0.2) is 0 Å². The molecule has 4 heteroatoms. The summed E-state index contributed by atoms with van der Waals surface area (Å²) in [5.74, 6) is 0. The van der Waals surface area contributed by atoms with E-state index >= 15 is 0 Å². The maximum atomic E-state index is 6.23. The summed E-state index contributed by atoms with van der Waals surface area (Å²) < 4.78 is 7.02. The summed E-state index contributed by atoms with van der Waals surface area (Å²) in [5.41, 5.74) is 8.06. The molecule has 2 rings (SSSR count). The Morgan fingerprint density at radius 3 is 2.60 bits per heavy atom. The average molecular weight is 355 g/mol. The van der Waals surface area contributed by atoms with E-state index in [1.54, 1.807) is 0 Å². The van der Waals surface area contributed by atoms with Gasteiger partial charge in [-0.2, -0.15) is 0 Å². The summed E-state index contributed by atoms with van der Waals surface area (Å²) in [5, 5.41) is 0.684. The van der Waals surface area contributed by atoms with Crippen LogP contribution in [0.1, 0.15) is 24.2 Å². The Morgan fingerprint density at radius 2 is 1.95 bits per heavy atom. The van der Waals surface area contributed by atoms with E-state index in [0.717, 1.165) is 15.6 Å². The number of nitrogens with two attached hydrogens (primary N) is 1. The standard InChI is InChI=1S/C16H17BrClNO/c1-11(19)16(14-7-2-3-8-15(14)18)20-10-12-5-4-6-13(17)9-12/h2-9,11,16H,10,19H2,1H3. The van der Waals surface area contributed by atoms with Crippen molar-refractivity contribution in [2.24, 2.45) is 5.73 Å². The van der Waals surface area contributed by atoms with Crippen molar-refractivity contribution in [3.8, 4) is 0 Å². The van der Waals surface area contributed by atoms with E-state index < -0.39 is 0 Å². The van der Waals surface area contributed by atoms with Gasteiger partial charge in [0, 0.05) is 21.1 Å². The Labute approximate surface area is 133 Å². The van der Waals surface area contributed by atoms with E-state index in [9.17, 15) is 0 Å². The van der Waals surface area contributed by atoms with Gasteiger partial charge in [-0.15, -0.1) is 0 Å². The second-order valence-corrected chi connectivity index (χ2v) is 6.07. The van der Waals surface area contributed by atoms with E-state index in [2.05, 4.69) is 15.9 Å². The van der Waals surface area contributed by atoms with Gasteiger partial charge < -0.3 is 10.5 Å². The van der Waals surface area contributed by atoms with Crippen LogP contribution in [-0.2, 0) is 11.3 Å². The van der Waals surface area contributed by atoms with Crippen LogP contribution in [-0.4, -0.2) is 6.04 Å². The third-order valence-corrected chi connectivity index (χ3v) is 3.85. The fraction of sp³-hybridized carbons (Fsp3) is 0.250. The molecule has 2 N–H and O–H groups in total. The van der Waals surface area contributed by atoms with Crippen LogP contribution in [0.2, 0.25) is 5.02 Å². The maximum absolute atomic E-state index is 6.23. The highest BCUT2D eigenvalue weighted by atomic mass is 79.9. The molecule has 106 valence electrons. The van der Waals surface area contributed by atoms with Crippen molar-refractivity contribution in [1.29, 1.82) is 0 Å². The van der Waals surface area contributed by atoms with Gasteiger partial charge in [0.2, 0.25) is 0 Å². The molecule has 0 amide bonds. The minimum absolute atomic E-state index is 0.137. The molecule has 0 saturated heterocycles. The number of benzene rings is 2. The molecule has 0 saturated carbocycles. The summed E-state index contributed by atoms with van der Waals surface area (Å²) >= 11 is 9.68. The summed E-state index contributed by atoms with van der Waals surface area (Å²) in [6, 6.07) is 15.5. The van der Waals surface area contributed by atoms with Crippen LogP contribution in [0.25, 0.3) is 0 Å². The highest BCUT2D eigenvalue weighted by molar-refractivity contribution is 9.10. The minimum Gasteiger partial charge on any atom is -0.367 e. The van der Waals surface area contributed by atoms with Gasteiger partial charge in [-0.05, 0) is 30.7 Å². The lowest BCUT2D eigenvalue weighted by Crippen LogP contribution is -2.27. The molecule has 2 unspecified atom stereocenters. The quantitative estimate of drug-likeness (QED) is 0.844. The molecule has 0 aromatic heterocycles. The first kappa shape index (κ1) is 15.5. The second kappa shape index (κ2) is 7.23. The Bertz CT molecular complexity index is 574. The Kier molecular flexibility index (Phi) is 5.61. The van der Waals surface area contributed by atoms with Crippen LogP contribution in [0.3, 0.4) is 0 Å². The van der Waals surface area contributed by atoms with Crippen molar-refractivity contribution in [3.05, 3.63) is 69.2 Å². The predicted octanol–water partition coefficient (Wildman–Crippen LogP) is 4.71. The van der Waals surface area contributed by atoms with Crippen molar-refractivity contribution >= 4 is 27.5 Å². The topological polar surface area (TPSA) is 35.2 Å². The fourth-order valence-corrected chi connectivity index (χ4v) is 2.73. The number of hydrogen-bond donors (Lipinski definition) is 1. The molecule has 0 aliphatic heterocycles. The molecule has 0 aliphatic rings. The smallest absolute Gasteiger partial charge is 0.0991 e. The predicted molar refractivity (Wildman–Crippen MR) is 86.8 cm³/mol. The number of hydrogen-bond acceptors (Lipinski definition) is 2. The third-order valence-electron chi connectivity index (χ3n) is 3.01. The average Bonchev–Trinajstić information content (AvgIpc) is 2.40. The van der Waals surface area contributed by atoms with Crippen molar-refractivity contribution in [2.75, 3.05) is 0 Å². The van der Waals surface area contributed by atoms with Gasteiger partial charge in [-0.3, -0.25) is 0 Å². The monoisotopic (exact) mass is 353 g/mol. The normalized spacial score (nSPS) is 14.0. The number of halogens is 2. The SMILES string of the molecule is CC(N)C(OCc1cccc(Br)c1)c1ccccc1Cl. The fourth-order valence-electron chi connectivity index (χ4n) is 2.04. The molecule has 0 fully saturated rings. The van der Waals surface area contributed by atoms with Gasteiger partial charge in [-0.25, -0.2) is 0 Å². The van der Waals surface area contributed by atoms with Crippen molar-refractivity contribution in [1.82, 2.24) is 0 Å². The van der Waals surface area contributed by atoms with Crippen LogP contribution < -0.4 is 5.73 Å².